The number of thioether (sulfide) groups is 1. The van der Waals surface area contributed by atoms with Crippen molar-refractivity contribution >= 4 is 44.4 Å². The molecule has 0 unspecified atom stereocenters. The van der Waals surface area contributed by atoms with Gasteiger partial charge in [0.1, 0.15) is 0 Å². The van der Waals surface area contributed by atoms with E-state index in [9.17, 15) is 13.2 Å². The van der Waals surface area contributed by atoms with Gasteiger partial charge in [-0.15, -0.1) is 0 Å². The van der Waals surface area contributed by atoms with E-state index in [2.05, 4.69) is 11.1 Å². The molecule has 0 radical (unpaired) electrons. The van der Waals surface area contributed by atoms with Crippen LogP contribution in [0, 0.1) is 11.3 Å². The normalized spacial score (nSPS) is 14.6. The summed E-state index contributed by atoms with van der Waals surface area (Å²) < 4.78 is 34.8. The van der Waals surface area contributed by atoms with E-state index in [4.69, 9.17) is 10.00 Å². The minimum atomic E-state index is -3.63. The van der Waals surface area contributed by atoms with Crippen molar-refractivity contribution in [1.29, 1.82) is 5.26 Å². The van der Waals surface area contributed by atoms with Crippen LogP contribution in [0.15, 0.2) is 58.6 Å². The maximum absolute atomic E-state index is 13.1. The summed E-state index contributed by atoms with van der Waals surface area (Å²) in [6.07, 6.45) is 0.235. The number of aromatic nitrogens is 2. The zero-order chi connectivity index (χ0) is 24.8. The quantitative estimate of drug-likeness (QED) is 0.405. The third-order valence-corrected chi connectivity index (χ3v) is 8.61. The molecule has 1 amide bonds. The lowest BCUT2D eigenvalue weighted by Gasteiger charge is -2.26. The number of ether oxygens (including phenoxy) is 1. The molecular weight excluding hydrogens is 486 g/mol. The molecule has 1 saturated heterocycles. The predicted octanol–water partition coefficient (Wildman–Crippen LogP) is 3.12. The number of amides is 1. The second kappa shape index (κ2) is 11.2. The van der Waals surface area contributed by atoms with Gasteiger partial charge in [-0.2, -0.15) is 9.57 Å². The fourth-order valence-electron chi connectivity index (χ4n) is 3.97. The SMILES string of the molecule is CCn1c(SCC(=O)N(CCC#N)c2ccccc2)nc2cc(S(=O)(=O)N3CCOCC3)ccc21. The molecule has 0 spiro atoms. The molecule has 1 fully saturated rings. The van der Waals surface area contributed by atoms with E-state index in [-0.39, 0.29) is 23.0 Å². The van der Waals surface area contributed by atoms with Crippen LogP contribution in [0.25, 0.3) is 11.0 Å². The van der Waals surface area contributed by atoms with Gasteiger partial charge in [-0.1, -0.05) is 30.0 Å². The van der Waals surface area contributed by atoms with E-state index in [1.165, 1.54) is 16.1 Å². The largest absolute Gasteiger partial charge is 0.379 e. The van der Waals surface area contributed by atoms with Gasteiger partial charge in [0.15, 0.2) is 5.16 Å². The van der Waals surface area contributed by atoms with Gasteiger partial charge in [-0.25, -0.2) is 13.4 Å². The number of nitrogens with zero attached hydrogens (tertiary/aromatic N) is 5. The molecule has 0 bridgehead atoms. The molecule has 0 atom stereocenters. The van der Waals surface area contributed by atoms with E-state index < -0.39 is 10.0 Å². The topological polar surface area (TPSA) is 109 Å². The van der Waals surface area contributed by atoms with E-state index in [1.807, 2.05) is 41.8 Å². The average molecular weight is 514 g/mol. The van der Waals surface area contributed by atoms with Crippen molar-refractivity contribution < 1.29 is 17.9 Å². The summed E-state index contributed by atoms with van der Waals surface area (Å²) in [7, 11) is -3.63. The highest BCUT2D eigenvalue weighted by atomic mass is 32.2. The van der Waals surface area contributed by atoms with Gasteiger partial charge < -0.3 is 14.2 Å². The van der Waals surface area contributed by atoms with Crippen LogP contribution in [-0.2, 0) is 26.1 Å². The molecule has 0 N–H and O–H groups in total. The highest BCUT2D eigenvalue weighted by Gasteiger charge is 2.27. The van der Waals surface area contributed by atoms with Crippen LogP contribution in [0.2, 0.25) is 0 Å². The van der Waals surface area contributed by atoms with Crippen molar-refractivity contribution in [2.45, 2.75) is 29.9 Å². The van der Waals surface area contributed by atoms with Crippen LogP contribution in [-0.4, -0.2) is 66.8 Å². The molecule has 1 aliphatic rings. The summed E-state index contributed by atoms with van der Waals surface area (Å²) in [6.45, 7) is 4.35. The lowest BCUT2D eigenvalue weighted by atomic mass is 10.2. The summed E-state index contributed by atoms with van der Waals surface area (Å²) in [5, 5.41) is 9.65. The minimum Gasteiger partial charge on any atom is -0.379 e. The molecule has 9 nitrogen and oxygen atoms in total. The smallest absolute Gasteiger partial charge is 0.243 e. The Labute approximate surface area is 209 Å². The first-order chi connectivity index (χ1) is 17.0. The second-order valence-electron chi connectivity index (χ2n) is 7.88. The number of nitriles is 1. The summed E-state index contributed by atoms with van der Waals surface area (Å²) in [5.74, 6) is 0.0181. The van der Waals surface area contributed by atoms with Crippen molar-refractivity contribution in [3.8, 4) is 6.07 Å². The van der Waals surface area contributed by atoms with Crippen LogP contribution in [0.5, 0.6) is 0 Å². The Morgan fingerprint density at radius 3 is 2.63 bits per heavy atom. The molecule has 1 aliphatic heterocycles. The first-order valence-electron chi connectivity index (χ1n) is 11.4. The molecule has 3 aromatic rings. The number of anilines is 1. The molecule has 11 heteroatoms. The molecule has 0 aliphatic carbocycles. The number of sulfonamides is 1. The second-order valence-corrected chi connectivity index (χ2v) is 10.8. The van der Waals surface area contributed by atoms with Gasteiger partial charge in [-0.3, -0.25) is 4.79 Å². The minimum absolute atomic E-state index is 0.123. The maximum Gasteiger partial charge on any atom is 0.243 e. The number of fused-ring (bicyclic) bond motifs is 1. The van der Waals surface area contributed by atoms with E-state index >= 15 is 0 Å². The van der Waals surface area contributed by atoms with Crippen LogP contribution >= 0.6 is 11.8 Å². The van der Waals surface area contributed by atoms with Crippen LogP contribution in [0.1, 0.15) is 13.3 Å². The number of hydrogen-bond donors (Lipinski definition) is 0. The van der Waals surface area contributed by atoms with Crippen LogP contribution in [0.3, 0.4) is 0 Å². The lowest BCUT2D eigenvalue weighted by molar-refractivity contribution is -0.116. The number of morpholine rings is 1. The third kappa shape index (κ3) is 5.51. The van der Waals surface area contributed by atoms with E-state index in [1.54, 1.807) is 23.1 Å². The summed E-state index contributed by atoms with van der Waals surface area (Å²) in [5.41, 5.74) is 2.13. The zero-order valence-electron chi connectivity index (χ0n) is 19.5. The Morgan fingerprint density at radius 2 is 1.94 bits per heavy atom. The fraction of sp³-hybridized carbons (Fsp3) is 0.375. The number of carbonyl (C=O) groups excluding carboxylic acids is 1. The molecule has 184 valence electrons. The standard InChI is InChI=1S/C24H27N5O4S2/c1-2-28-22-10-9-20(35(31,32)27-13-15-33-16-14-27)17-21(22)26-24(28)34-18-23(30)29(12-6-11-25)19-7-4-3-5-8-19/h3-5,7-10,17H,2,6,12-16,18H2,1H3. The van der Waals surface area contributed by atoms with Crippen molar-refractivity contribution in [2.24, 2.45) is 0 Å². The molecular formula is C24H27N5O4S2. The maximum atomic E-state index is 13.1. The number of para-hydroxylation sites is 1. The zero-order valence-corrected chi connectivity index (χ0v) is 21.1. The number of hydrogen-bond acceptors (Lipinski definition) is 7. The fourth-order valence-corrected chi connectivity index (χ4v) is 6.35. The highest BCUT2D eigenvalue weighted by molar-refractivity contribution is 7.99. The Kier molecular flexibility index (Phi) is 8.07. The Morgan fingerprint density at radius 1 is 1.20 bits per heavy atom. The van der Waals surface area contributed by atoms with Crippen molar-refractivity contribution in [1.82, 2.24) is 13.9 Å². The van der Waals surface area contributed by atoms with Gasteiger partial charge >= 0.3 is 0 Å². The number of aryl methyl sites for hydroxylation is 1. The Hall–Kier alpha value is -2.91. The number of imidazole rings is 1. The van der Waals surface area contributed by atoms with Gasteiger partial charge in [0.05, 0.1) is 47.4 Å². The predicted molar refractivity (Wildman–Crippen MR) is 135 cm³/mol. The van der Waals surface area contributed by atoms with Gasteiger partial charge in [-0.05, 0) is 37.3 Å². The van der Waals surface area contributed by atoms with Crippen LogP contribution < -0.4 is 4.90 Å². The lowest BCUT2D eigenvalue weighted by Crippen LogP contribution is -2.40. The number of benzene rings is 2. The molecule has 2 aromatic carbocycles. The number of carbonyl (C=O) groups is 1. The molecule has 0 saturated carbocycles. The highest BCUT2D eigenvalue weighted by Crippen LogP contribution is 2.28. The molecule has 4 rings (SSSR count). The molecule has 35 heavy (non-hydrogen) atoms. The van der Waals surface area contributed by atoms with E-state index in [0.29, 0.717) is 50.1 Å². The first-order valence-corrected chi connectivity index (χ1v) is 13.8. The average Bonchev–Trinajstić information content (AvgIpc) is 3.25. The first kappa shape index (κ1) is 25.2. The Bertz CT molecular complexity index is 1330. The monoisotopic (exact) mass is 513 g/mol. The summed E-state index contributed by atoms with van der Waals surface area (Å²) in [4.78, 5) is 19.5. The van der Waals surface area contributed by atoms with Crippen molar-refractivity contribution in [3.05, 3.63) is 48.5 Å². The van der Waals surface area contributed by atoms with Gasteiger partial charge in [0.2, 0.25) is 15.9 Å². The van der Waals surface area contributed by atoms with Gasteiger partial charge in [0, 0.05) is 31.9 Å². The molecule has 2 heterocycles. The third-order valence-electron chi connectivity index (χ3n) is 5.75. The summed E-state index contributed by atoms with van der Waals surface area (Å²) >= 11 is 1.30. The van der Waals surface area contributed by atoms with Gasteiger partial charge in [0.25, 0.3) is 0 Å². The van der Waals surface area contributed by atoms with Crippen molar-refractivity contribution in [3.63, 3.8) is 0 Å². The van der Waals surface area contributed by atoms with E-state index in [0.717, 1.165) is 11.2 Å². The summed E-state index contributed by atoms with van der Waals surface area (Å²) in [6, 6.07) is 16.4. The number of rotatable bonds is 9. The Balaban J connectivity index is 1.56. The molecule has 1 aromatic heterocycles. The van der Waals surface area contributed by atoms with Crippen molar-refractivity contribution in [2.75, 3.05) is 43.5 Å². The van der Waals surface area contributed by atoms with Crippen LogP contribution in [0.4, 0.5) is 5.69 Å².